The highest BCUT2D eigenvalue weighted by molar-refractivity contribution is 6.21. The number of hydrogen-bond acceptors (Lipinski definition) is 5. The first-order chi connectivity index (χ1) is 6.90. The third kappa shape index (κ3) is 3.87. The zero-order valence-corrected chi connectivity index (χ0v) is 7.85. The number of carbonyl (C=O) groups excluding carboxylic acids is 2. The van der Waals surface area contributed by atoms with E-state index in [-0.39, 0.29) is 11.3 Å². The number of carboxylic acids is 1. The van der Waals surface area contributed by atoms with Gasteiger partial charge in [0.15, 0.2) is 5.78 Å². The first-order valence-corrected chi connectivity index (χ1v) is 3.76. The van der Waals surface area contributed by atoms with E-state index in [1.165, 1.54) is 0 Å². The van der Waals surface area contributed by atoms with Gasteiger partial charge < -0.3 is 10.8 Å². The predicted molar refractivity (Wildman–Crippen MR) is 49.3 cm³/mol. The Labute approximate surface area is 85.3 Å². The number of nitrogens with zero attached hydrogens (tertiary/aromatic N) is 1. The number of carbonyl (C=O) groups is 3. The second kappa shape index (κ2) is 5.34. The molecule has 0 aromatic heterocycles. The molecule has 1 aliphatic rings. The van der Waals surface area contributed by atoms with Crippen molar-refractivity contribution in [2.24, 2.45) is 5.73 Å². The van der Waals surface area contributed by atoms with E-state index >= 15 is 0 Å². The van der Waals surface area contributed by atoms with E-state index in [0.717, 1.165) is 19.1 Å². The number of nitriles is 1. The molecule has 0 aromatic carbocycles. The average molecular weight is 208 g/mol. The van der Waals surface area contributed by atoms with Crippen molar-refractivity contribution < 1.29 is 19.5 Å². The summed E-state index contributed by atoms with van der Waals surface area (Å²) in [6.45, 7) is 1.08. The van der Waals surface area contributed by atoms with Crippen LogP contribution in [-0.4, -0.2) is 22.6 Å². The second-order valence-electron chi connectivity index (χ2n) is 2.48. The number of carboxylic acid groups (broad SMARTS) is 1. The number of allylic oxidation sites excluding steroid dienone is 3. The smallest absolute Gasteiger partial charge is 0.300 e. The fourth-order valence-corrected chi connectivity index (χ4v) is 0.696. The number of ketones is 2. The van der Waals surface area contributed by atoms with Crippen LogP contribution in [0.2, 0.25) is 0 Å². The molecule has 0 spiro atoms. The molecule has 0 saturated heterocycles. The predicted octanol–water partition coefficient (Wildman–Crippen LogP) is -0.478. The summed E-state index contributed by atoms with van der Waals surface area (Å²) in [5.41, 5.74) is 4.63. The first kappa shape index (κ1) is 12.6. The maximum absolute atomic E-state index is 10.8. The van der Waals surface area contributed by atoms with E-state index in [0.29, 0.717) is 0 Å². The molecule has 6 nitrogen and oxygen atoms in total. The van der Waals surface area contributed by atoms with E-state index in [1.54, 1.807) is 6.07 Å². The lowest BCUT2D eigenvalue weighted by atomic mass is 10.0. The molecule has 0 unspecified atom stereocenters. The van der Waals surface area contributed by atoms with Crippen LogP contribution >= 0.6 is 0 Å². The van der Waals surface area contributed by atoms with Gasteiger partial charge in [0, 0.05) is 6.92 Å². The van der Waals surface area contributed by atoms with E-state index in [1.807, 2.05) is 0 Å². The van der Waals surface area contributed by atoms with Gasteiger partial charge in [-0.25, -0.2) is 0 Å². The molecular formula is C9H8N2O4. The molecule has 1 rings (SSSR count). The lowest BCUT2D eigenvalue weighted by Crippen LogP contribution is -2.19. The van der Waals surface area contributed by atoms with Crippen LogP contribution in [-0.2, 0) is 14.4 Å². The standard InChI is InChI=1S/C7H4N2O2.C2H4O2/c8-3-4-5(10)1-2-6(11)7(4)9;1-2(3)4/h1-2H,9H2;1H3,(H,3,4). The summed E-state index contributed by atoms with van der Waals surface area (Å²) in [7, 11) is 0. The van der Waals surface area contributed by atoms with Crippen LogP contribution in [0.4, 0.5) is 0 Å². The van der Waals surface area contributed by atoms with Crippen LogP contribution in [0.5, 0.6) is 0 Å². The minimum absolute atomic E-state index is 0.264. The Morgan fingerprint density at radius 1 is 1.40 bits per heavy atom. The zero-order chi connectivity index (χ0) is 12.0. The monoisotopic (exact) mass is 208 g/mol. The van der Waals surface area contributed by atoms with E-state index in [9.17, 15) is 9.59 Å². The van der Waals surface area contributed by atoms with E-state index < -0.39 is 17.5 Å². The topological polar surface area (TPSA) is 121 Å². The van der Waals surface area contributed by atoms with Gasteiger partial charge in [0.2, 0.25) is 5.78 Å². The quantitative estimate of drug-likeness (QED) is 0.518. The van der Waals surface area contributed by atoms with Gasteiger partial charge in [0.25, 0.3) is 5.97 Å². The molecule has 0 fully saturated rings. The van der Waals surface area contributed by atoms with E-state index in [2.05, 4.69) is 0 Å². The largest absolute Gasteiger partial charge is 0.481 e. The Morgan fingerprint density at radius 3 is 2.13 bits per heavy atom. The zero-order valence-electron chi connectivity index (χ0n) is 7.85. The van der Waals surface area contributed by atoms with Gasteiger partial charge in [-0.3, -0.25) is 14.4 Å². The summed E-state index contributed by atoms with van der Waals surface area (Å²) in [4.78, 5) is 30.5. The summed E-state index contributed by atoms with van der Waals surface area (Å²) < 4.78 is 0. The van der Waals surface area contributed by atoms with Crippen LogP contribution in [0.3, 0.4) is 0 Å². The lowest BCUT2D eigenvalue weighted by Gasteiger charge is -2.02. The van der Waals surface area contributed by atoms with Gasteiger partial charge in [-0.1, -0.05) is 0 Å². The van der Waals surface area contributed by atoms with Gasteiger partial charge in [-0.05, 0) is 12.2 Å². The van der Waals surface area contributed by atoms with Crippen molar-refractivity contribution in [3.8, 4) is 6.07 Å². The normalized spacial score (nSPS) is 14.1. The molecule has 3 N–H and O–H groups in total. The molecular weight excluding hydrogens is 200 g/mol. The summed E-state index contributed by atoms with van der Waals surface area (Å²) >= 11 is 0. The van der Waals surface area contributed by atoms with Gasteiger partial charge in [-0.2, -0.15) is 5.26 Å². The van der Waals surface area contributed by atoms with Crippen molar-refractivity contribution in [2.75, 3.05) is 0 Å². The number of hydrogen-bond donors (Lipinski definition) is 2. The fourth-order valence-electron chi connectivity index (χ4n) is 0.696. The molecule has 78 valence electrons. The first-order valence-electron chi connectivity index (χ1n) is 3.76. The van der Waals surface area contributed by atoms with Crippen molar-refractivity contribution in [3.05, 3.63) is 23.4 Å². The Bertz CT molecular complexity index is 408. The minimum atomic E-state index is -0.833. The van der Waals surface area contributed by atoms with Gasteiger partial charge in [0.1, 0.15) is 17.3 Å². The molecule has 1 aliphatic carbocycles. The molecule has 0 radical (unpaired) electrons. The lowest BCUT2D eigenvalue weighted by molar-refractivity contribution is -0.134. The molecule has 0 aliphatic heterocycles. The summed E-state index contributed by atoms with van der Waals surface area (Å²) in [6, 6.07) is 1.57. The number of aliphatic carboxylic acids is 1. The van der Waals surface area contributed by atoms with Crippen LogP contribution in [0.25, 0.3) is 0 Å². The van der Waals surface area contributed by atoms with Crippen molar-refractivity contribution in [1.82, 2.24) is 0 Å². The van der Waals surface area contributed by atoms with Crippen LogP contribution < -0.4 is 5.73 Å². The van der Waals surface area contributed by atoms with Crippen LogP contribution in [0.15, 0.2) is 23.4 Å². The Balaban J connectivity index is 0.000000423. The highest BCUT2D eigenvalue weighted by atomic mass is 16.4. The molecule has 0 heterocycles. The SMILES string of the molecule is CC(=O)O.N#CC1=C(N)C(=O)C=CC1=O. The van der Waals surface area contributed by atoms with Crippen LogP contribution in [0, 0.1) is 11.3 Å². The number of nitrogens with two attached hydrogens (primary N) is 1. The molecule has 0 saturated carbocycles. The Morgan fingerprint density at radius 2 is 1.80 bits per heavy atom. The van der Waals surface area contributed by atoms with Crippen molar-refractivity contribution in [1.29, 1.82) is 5.26 Å². The second-order valence-corrected chi connectivity index (χ2v) is 2.48. The van der Waals surface area contributed by atoms with Crippen molar-refractivity contribution >= 4 is 17.5 Å². The summed E-state index contributed by atoms with van der Waals surface area (Å²) in [5, 5.41) is 15.8. The highest BCUT2D eigenvalue weighted by Crippen LogP contribution is 2.07. The van der Waals surface area contributed by atoms with E-state index in [4.69, 9.17) is 20.9 Å². The average Bonchev–Trinajstić information content (AvgIpc) is 2.12. The van der Waals surface area contributed by atoms with Crippen molar-refractivity contribution in [3.63, 3.8) is 0 Å². The molecule has 0 bridgehead atoms. The van der Waals surface area contributed by atoms with Gasteiger partial charge in [0.05, 0.1) is 0 Å². The highest BCUT2D eigenvalue weighted by Gasteiger charge is 2.19. The molecule has 6 heteroatoms. The van der Waals surface area contributed by atoms with Crippen molar-refractivity contribution in [2.45, 2.75) is 6.92 Å². The Hall–Kier alpha value is -2.42. The van der Waals surface area contributed by atoms with Gasteiger partial charge >= 0.3 is 0 Å². The maximum atomic E-state index is 10.8. The summed E-state index contributed by atoms with van der Waals surface area (Å²) in [6.07, 6.45) is 2.09. The van der Waals surface area contributed by atoms with Crippen LogP contribution in [0.1, 0.15) is 6.92 Å². The minimum Gasteiger partial charge on any atom is -0.481 e. The summed E-state index contributed by atoms with van der Waals surface area (Å²) in [5.74, 6) is -1.83. The van der Waals surface area contributed by atoms with Gasteiger partial charge in [-0.15, -0.1) is 0 Å². The molecule has 0 aromatic rings. The third-order valence-corrected chi connectivity index (χ3v) is 1.28. The maximum Gasteiger partial charge on any atom is 0.300 e. The molecule has 0 atom stereocenters. The third-order valence-electron chi connectivity index (χ3n) is 1.28. The Kier molecular flexibility index (Phi) is 4.48. The number of rotatable bonds is 0. The fraction of sp³-hybridized carbons (Fsp3) is 0.111. The molecule has 0 amide bonds. The molecule has 15 heavy (non-hydrogen) atoms.